The fourth-order valence-electron chi connectivity index (χ4n) is 3.47. The number of ether oxygens (including phenoxy) is 1. The van der Waals surface area contributed by atoms with Gasteiger partial charge in [0.25, 0.3) is 0 Å². The zero-order valence-electron chi connectivity index (χ0n) is 13.3. The summed E-state index contributed by atoms with van der Waals surface area (Å²) in [5.41, 5.74) is 6.52. The average Bonchev–Trinajstić information content (AvgIpc) is 2.65. The molecular weight excluding hydrogens is 234 g/mol. The predicted molar refractivity (Wildman–Crippen MR) is 83.4 cm³/mol. The molecule has 1 aliphatic carbocycles. The van der Waals surface area contributed by atoms with E-state index in [1.54, 1.807) is 0 Å². The van der Waals surface area contributed by atoms with Crippen LogP contribution in [0, 0.1) is 0 Å². The van der Waals surface area contributed by atoms with Crippen LogP contribution in [0.3, 0.4) is 0 Å². The summed E-state index contributed by atoms with van der Waals surface area (Å²) in [6.45, 7) is 5.19. The molecule has 0 bridgehead atoms. The molecule has 1 saturated carbocycles. The van der Waals surface area contributed by atoms with Gasteiger partial charge >= 0.3 is 0 Å². The van der Waals surface area contributed by atoms with Gasteiger partial charge in [-0.1, -0.05) is 64.7 Å². The molecule has 0 saturated heterocycles. The van der Waals surface area contributed by atoms with E-state index in [1.807, 2.05) is 0 Å². The lowest BCUT2D eigenvalue weighted by Gasteiger charge is -2.38. The molecule has 2 nitrogen and oxygen atoms in total. The first-order valence-electron chi connectivity index (χ1n) is 8.64. The van der Waals surface area contributed by atoms with Crippen molar-refractivity contribution in [2.45, 2.75) is 103 Å². The van der Waals surface area contributed by atoms with Crippen LogP contribution in [0.1, 0.15) is 90.9 Å². The zero-order valence-corrected chi connectivity index (χ0v) is 13.3. The van der Waals surface area contributed by atoms with Crippen molar-refractivity contribution in [1.82, 2.24) is 0 Å². The Kier molecular flexibility index (Phi) is 8.72. The first kappa shape index (κ1) is 17.0. The van der Waals surface area contributed by atoms with Crippen molar-refractivity contribution in [3.8, 4) is 0 Å². The van der Waals surface area contributed by atoms with Crippen LogP contribution >= 0.6 is 0 Å². The second-order valence-corrected chi connectivity index (χ2v) is 6.22. The highest BCUT2D eigenvalue weighted by molar-refractivity contribution is 4.92. The van der Waals surface area contributed by atoms with E-state index in [4.69, 9.17) is 10.5 Å². The molecule has 1 rings (SSSR count). The highest BCUT2D eigenvalue weighted by Crippen LogP contribution is 2.34. The molecule has 0 radical (unpaired) electrons. The van der Waals surface area contributed by atoms with Gasteiger partial charge in [0, 0.05) is 12.6 Å². The summed E-state index contributed by atoms with van der Waals surface area (Å²) < 4.78 is 6.17. The molecule has 2 N–H and O–H groups in total. The molecule has 19 heavy (non-hydrogen) atoms. The van der Waals surface area contributed by atoms with Gasteiger partial charge in [-0.2, -0.15) is 0 Å². The van der Waals surface area contributed by atoms with Gasteiger partial charge in [-0.3, -0.25) is 0 Å². The quantitative estimate of drug-likeness (QED) is 0.482. The second-order valence-electron chi connectivity index (χ2n) is 6.22. The third-order valence-corrected chi connectivity index (χ3v) is 4.68. The summed E-state index contributed by atoms with van der Waals surface area (Å²) >= 11 is 0. The predicted octanol–water partition coefficient (Wildman–Crippen LogP) is 4.80. The number of rotatable bonds is 9. The van der Waals surface area contributed by atoms with Gasteiger partial charge in [-0.15, -0.1) is 0 Å². The Balaban J connectivity index is 2.40. The number of nitrogens with two attached hydrogens (primary N) is 1. The molecule has 0 heterocycles. The molecule has 0 aromatic heterocycles. The van der Waals surface area contributed by atoms with Crippen LogP contribution in [0.4, 0.5) is 0 Å². The van der Waals surface area contributed by atoms with E-state index < -0.39 is 0 Å². The fraction of sp³-hybridized carbons (Fsp3) is 1.00. The largest absolute Gasteiger partial charge is 0.374 e. The van der Waals surface area contributed by atoms with Crippen LogP contribution < -0.4 is 5.73 Å². The maximum atomic E-state index is 6.53. The summed E-state index contributed by atoms with van der Waals surface area (Å²) in [6.07, 6.45) is 15.5. The van der Waals surface area contributed by atoms with Gasteiger partial charge < -0.3 is 10.5 Å². The molecule has 1 atom stereocenters. The monoisotopic (exact) mass is 269 g/mol. The van der Waals surface area contributed by atoms with E-state index in [0.29, 0.717) is 0 Å². The third-order valence-electron chi connectivity index (χ3n) is 4.68. The summed E-state index contributed by atoms with van der Waals surface area (Å²) in [5, 5.41) is 0. The molecule has 114 valence electrons. The smallest absolute Gasteiger partial charge is 0.0832 e. The molecule has 0 aromatic rings. The van der Waals surface area contributed by atoms with Crippen molar-refractivity contribution >= 4 is 0 Å². The van der Waals surface area contributed by atoms with Gasteiger partial charge in [0.2, 0.25) is 0 Å². The normalized spacial score (nSPS) is 21.0. The molecule has 1 unspecified atom stereocenters. The molecule has 1 fully saturated rings. The summed E-state index contributed by atoms with van der Waals surface area (Å²) in [4.78, 5) is 0. The third kappa shape index (κ3) is 5.83. The van der Waals surface area contributed by atoms with E-state index in [-0.39, 0.29) is 11.6 Å². The summed E-state index contributed by atoms with van der Waals surface area (Å²) in [7, 11) is 0. The van der Waals surface area contributed by atoms with Crippen LogP contribution in [0.5, 0.6) is 0 Å². The molecule has 0 amide bonds. The van der Waals surface area contributed by atoms with E-state index in [1.165, 1.54) is 70.6 Å². The Morgan fingerprint density at radius 3 is 2.16 bits per heavy atom. The first-order chi connectivity index (χ1) is 9.25. The van der Waals surface area contributed by atoms with Crippen molar-refractivity contribution in [3.63, 3.8) is 0 Å². The molecular formula is C17H35NO. The minimum atomic E-state index is -0.00396. The van der Waals surface area contributed by atoms with Gasteiger partial charge in [0.15, 0.2) is 0 Å². The standard InChI is InChI=1S/C17H35NO/c1-3-5-6-7-10-13-16(18)17(19-4-2)14-11-8-9-12-15-17/h16H,3-15,18H2,1-2H3. The molecule has 2 heteroatoms. The Morgan fingerprint density at radius 2 is 1.58 bits per heavy atom. The average molecular weight is 269 g/mol. The highest BCUT2D eigenvalue weighted by Gasteiger charge is 2.37. The lowest BCUT2D eigenvalue weighted by atomic mass is 9.83. The van der Waals surface area contributed by atoms with Gasteiger partial charge in [0.1, 0.15) is 0 Å². The van der Waals surface area contributed by atoms with Crippen molar-refractivity contribution < 1.29 is 4.74 Å². The van der Waals surface area contributed by atoms with E-state index in [9.17, 15) is 0 Å². The summed E-state index contributed by atoms with van der Waals surface area (Å²) in [5.74, 6) is 0. The number of hydrogen-bond acceptors (Lipinski definition) is 2. The van der Waals surface area contributed by atoms with E-state index >= 15 is 0 Å². The topological polar surface area (TPSA) is 35.2 Å². The van der Waals surface area contributed by atoms with Crippen LogP contribution in [0.15, 0.2) is 0 Å². The first-order valence-corrected chi connectivity index (χ1v) is 8.64. The summed E-state index contributed by atoms with van der Waals surface area (Å²) in [6, 6.07) is 0.243. The lowest BCUT2D eigenvalue weighted by molar-refractivity contribution is -0.0704. The molecule has 0 aromatic carbocycles. The molecule has 0 spiro atoms. The van der Waals surface area contributed by atoms with Crippen LogP contribution in [0.25, 0.3) is 0 Å². The van der Waals surface area contributed by atoms with Crippen molar-refractivity contribution in [1.29, 1.82) is 0 Å². The maximum absolute atomic E-state index is 6.53. The minimum Gasteiger partial charge on any atom is -0.374 e. The highest BCUT2D eigenvalue weighted by atomic mass is 16.5. The lowest BCUT2D eigenvalue weighted by Crippen LogP contribution is -2.50. The van der Waals surface area contributed by atoms with Crippen LogP contribution in [-0.2, 0) is 4.74 Å². The van der Waals surface area contributed by atoms with Gasteiger partial charge in [-0.25, -0.2) is 0 Å². The van der Waals surface area contributed by atoms with Gasteiger partial charge in [0.05, 0.1) is 5.60 Å². The van der Waals surface area contributed by atoms with Crippen molar-refractivity contribution in [3.05, 3.63) is 0 Å². The Bertz CT molecular complexity index is 209. The van der Waals surface area contributed by atoms with Crippen LogP contribution in [0.2, 0.25) is 0 Å². The Labute approximate surface area is 120 Å². The van der Waals surface area contributed by atoms with Crippen LogP contribution in [-0.4, -0.2) is 18.2 Å². The van der Waals surface area contributed by atoms with E-state index in [2.05, 4.69) is 13.8 Å². The Hall–Kier alpha value is -0.0800. The SMILES string of the molecule is CCCCCCCC(N)C1(OCC)CCCCCC1. The van der Waals surface area contributed by atoms with Crippen molar-refractivity contribution in [2.75, 3.05) is 6.61 Å². The van der Waals surface area contributed by atoms with Crippen molar-refractivity contribution in [2.24, 2.45) is 5.73 Å². The minimum absolute atomic E-state index is 0.00396. The fourth-order valence-corrected chi connectivity index (χ4v) is 3.47. The Morgan fingerprint density at radius 1 is 0.947 bits per heavy atom. The molecule has 0 aliphatic heterocycles. The van der Waals surface area contributed by atoms with Gasteiger partial charge in [-0.05, 0) is 26.2 Å². The number of hydrogen-bond donors (Lipinski definition) is 1. The maximum Gasteiger partial charge on any atom is 0.0832 e. The second kappa shape index (κ2) is 9.77. The molecule has 1 aliphatic rings. The van der Waals surface area contributed by atoms with E-state index in [0.717, 1.165) is 13.0 Å². The zero-order chi connectivity index (χ0) is 14.0. The number of unbranched alkanes of at least 4 members (excludes halogenated alkanes) is 4.